The third-order valence-electron chi connectivity index (χ3n) is 4.04. The second-order valence-electron chi connectivity index (χ2n) is 6.50. The predicted molar refractivity (Wildman–Crippen MR) is 117 cm³/mol. The smallest absolute Gasteiger partial charge is 0.260 e. The Hall–Kier alpha value is -2.00. The van der Waals surface area contributed by atoms with E-state index in [1.54, 1.807) is 29.2 Å². The standard InChI is InChI=1S/C19H21N3O3S2.ClH/c1-21(2)12-13-22(18(23)14-8-5-4-6-9-14)19-20-17-15(26-19)10-7-11-16(17)27(3,24)25;/h4-11H,12-13H2,1-3H3;1H. The number of anilines is 1. The number of amides is 1. The van der Waals surface area contributed by atoms with Crippen LogP contribution in [0.1, 0.15) is 10.4 Å². The number of hydrogen-bond acceptors (Lipinski definition) is 6. The Balaban J connectivity index is 0.00000280. The summed E-state index contributed by atoms with van der Waals surface area (Å²) in [5.41, 5.74) is 0.981. The molecule has 0 N–H and O–H groups in total. The number of hydrogen-bond donors (Lipinski definition) is 0. The van der Waals surface area contributed by atoms with Crippen molar-refractivity contribution in [2.75, 3.05) is 38.3 Å². The van der Waals surface area contributed by atoms with Gasteiger partial charge in [-0.05, 0) is 38.4 Å². The topological polar surface area (TPSA) is 70.6 Å². The van der Waals surface area contributed by atoms with Gasteiger partial charge in [0.05, 0.1) is 9.60 Å². The third kappa shape index (κ3) is 4.88. The van der Waals surface area contributed by atoms with Gasteiger partial charge in [-0.25, -0.2) is 13.4 Å². The molecule has 0 atom stereocenters. The second kappa shape index (κ2) is 9.00. The minimum absolute atomic E-state index is 0. The number of aromatic nitrogens is 1. The number of sulfone groups is 1. The van der Waals surface area contributed by atoms with E-state index < -0.39 is 9.84 Å². The first-order valence-electron chi connectivity index (χ1n) is 8.38. The van der Waals surface area contributed by atoms with Crippen LogP contribution in [0.25, 0.3) is 10.2 Å². The molecule has 28 heavy (non-hydrogen) atoms. The lowest BCUT2D eigenvalue weighted by Crippen LogP contribution is -2.36. The van der Waals surface area contributed by atoms with Crippen LogP contribution < -0.4 is 4.90 Å². The third-order valence-corrected chi connectivity index (χ3v) is 6.21. The minimum Gasteiger partial charge on any atom is -0.308 e. The van der Waals surface area contributed by atoms with Crippen LogP contribution in [0.5, 0.6) is 0 Å². The van der Waals surface area contributed by atoms with E-state index in [9.17, 15) is 13.2 Å². The molecular formula is C19H22ClN3O3S2. The molecule has 0 saturated heterocycles. The molecule has 1 heterocycles. The van der Waals surface area contributed by atoms with Gasteiger partial charge in [-0.2, -0.15) is 0 Å². The first-order chi connectivity index (χ1) is 12.8. The van der Waals surface area contributed by atoms with Gasteiger partial charge in [0.2, 0.25) is 0 Å². The molecule has 9 heteroatoms. The van der Waals surface area contributed by atoms with E-state index in [0.717, 1.165) is 4.70 Å². The fraction of sp³-hybridized carbons (Fsp3) is 0.263. The van der Waals surface area contributed by atoms with Crippen molar-refractivity contribution in [3.05, 3.63) is 54.1 Å². The molecule has 0 bridgehead atoms. The summed E-state index contributed by atoms with van der Waals surface area (Å²) >= 11 is 1.32. The van der Waals surface area contributed by atoms with Crippen LogP contribution in [0, 0.1) is 0 Å². The lowest BCUT2D eigenvalue weighted by molar-refractivity contribution is 0.0985. The van der Waals surface area contributed by atoms with Gasteiger partial charge in [-0.3, -0.25) is 9.69 Å². The molecule has 0 fully saturated rings. The maximum atomic E-state index is 13.1. The number of halogens is 1. The summed E-state index contributed by atoms with van der Waals surface area (Å²) in [4.78, 5) is 21.4. The van der Waals surface area contributed by atoms with Crippen molar-refractivity contribution in [1.82, 2.24) is 9.88 Å². The molecule has 2 aromatic carbocycles. The number of carbonyl (C=O) groups is 1. The maximum Gasteiger partial charge on any atom is 0.260 e. The van der Waals surface area contributed by atoms with Gasteiger partial charge < -0.3 is 4.90 Å². The summed E-state index contributed by atoms with van der Waals surface area (Å²) in [6.45, 7) is 1.11. The first kappa shape index (κ1) is 22.3. The summed E-state index contributed by atoms with van der Waals surface area (Å²) in [6.07, 6.45) is 1.17. The molecule has 0 aliphatic heterocycles. The molecule has 3 aromatic rings. The number of benzene rings is 2. The molecule has 3 rings (SSSR count). The number of nitrogens with zero attached hydrogens (tertiary/aromatic N) is 3. The van der Waals surface area contributed by atoms with Gasteiger partial charge in [0, 0.05) is 24.9 Å². The lowest BCUT2D eigenvalue weighted by atomic mass is 10.2. The highest BCUT2D eigenvalue weighted by atomic mass is 35.5. The Morgan fingerprint density at radius 1 is 1.04 bits per heavy atom. The fourth-order valence-corrected chi connectivity index (χ4v) is 4.56. The summed E-state index contributed by atoms with van der Waals surface area (Å²) in [5.74, 6) is -0.155. The fourth-order valence-electron chi connectivity index (χ4n) is 2.65. The lowest BCUT2D eigenvalue weighted by Gasteiger charge is -2.22. The van der Waals surface area contributed by atoms with Gasteiger partial charge in [0.25, 0.3) is 5.91 Å². The van der Waals surface area contributed by atoms with E-state index in [0.29, 0.717) is 29.3 Å². The summed E-state index contributed by atoms with van der Waals surface area (Å²) in [5, 5.41) is 0.497. The van der Waals surface area contributed by atoms with Crippen molar-refractivity contribution in [2.45, 2.75) is 4.90 Å². The molecule has 150 valence electrons. The number of thiazole rings is 1. The minimum atomic E-state index is -3.41. The number of likely N-dealkylation sites (N-methyl/N-ethyl adjacent to an activating group) is 1. The van der Waals surface area contributed by atoms with E-state index in [4.69, 9.17) is 0 Å². The highest BCUT2D eigenvalue weighted by molar-refractivity contribution is 7.91. The highest BCUT2D eigenvalue weighted by Crippen LogP contribution is 2.33. The molecule has 0 aliphatic carbocycles. The Morgan fingerprint density at radius 2 is 1.71 bits per heavy atom. The van der Waals surface area contributed by atoms with Gasteiger partial charge in [0.1, 0.15) is 5.52 Å². The second-order valence-corrected chi connectivity index (χ2v) is 9.49. The molecule has 0 radical (unpaired) electrons. The molecule has 1 amide bonds. The summed E-state index contributed by atoms with van der Waals surface area (Å²) in [7, 11) is 0.464. The van der Waals surface area contributed by atoms with Crippen molar-refractivity contribution < 1.29 is 13.2 Å². The number of rotatable bonds is 6. The predicted octanol–water partition coefficient (Wildman–Crippen LogP) is 3.33. The largest absolute Gasteiger partial charge is 0.308 e. The Bertz CT molecular complexity index is 1070. The molecule has 6 nitrogen and oxygen atoms in total. The normalized spacial score (nSPS) is 11.4. The average Bonchev–Trinajstić information content (AvgIpc) is 3.05. The van der Waals surface area contributed by atoms with Crippen molar-refractivity contribution in [2.24, 2.45) is 0 Å². The quantitative estimate of drug-likeness (QED) is 0.589. The zero-order chi connectivity index (χ0) is 19.6. The Morgan fingerprint density at radius 3 is 2.32 bits per heavy atom. The van der Waals surface area contributed by atoms with E-state index in [1.807, 2.05) is 43.3 Å². The van der Waals surface area contributed by atoms with Crippen molar-refractivity contribution >= 4 is 54.8 Å². The maximum absolute atomic E-state index is 13.1. The molecule has 0 saturated carbocycles. The van der Waals surface area contributed by atoms with E-state index >= 15 is 0 Å². The number of carbonyl (C=O) groups excluding carboxylic acids is 1. The van der Waals surface area contributed by atoms with Crippen LogP contribution in [0.3, 0.4) is 0 Å². The van der Waals surface area contributed by atoms with Crippen LogP contribution in [-0.4, -0.2) is 57.6 Å². The van der Waals surface area contributed by atoms with Crippen LogP contribution in [-0.2, 0) is 9.84 Å². The van der Waals surface area contributed by atoms with Crippen molar-refractivity contribution in [1.29, 1.82) is 0 Å². The van der Waals surface area contributed by atoms with E-state index in [-0.39, 0.29) is 23.2 Å². The first-order valence-corrected chi connectivity index (χ1v) is 11.1. The summed E-state index contributed by atoms with van der Waals surface area (Å²) in [6, 6.07) is 14.1. The SMILES string of the molecule is CN(C)CCN(C(=O)c1ccccc1)c1nc2c(S(C)(=O)=O)cccc2s1.Cl. The van der Waals surface area contributed by atoms with Gasteiger partial charge in [-0.15, -0.1) is 12.4 Å². The zero-order valence-electron chi connectivity index (χ0n) is 15.8. The molecule has 0 unspecified atom stereocenters. The van der Waals surface area contributed by atoms with Gasteiger partial charge in [0.15, 0.2) is 15.0 Å². The van der Waals surface area contributed by atoms with E-state index in [1.165, 1.54) is 17.6 Å². The van der Waals surface area contributed by atoms with Crippen molar-refractivity contribution in [3.8, 4) is 0 Å². The molecule has 0 aliphatic rings. The van der Waals surface area contributed by atoms with E-state index in [2.05, 4.69) is 4.98 Å². The zero-order valence-corrected chi connectivity index (χ0v) is 18.3. The highest BCUT2D eigenvalue weighted by Gasteiger charge is 2.23. The average molecular weight is 440 g/mol. The Labute approximate surface area is 175 Å². The van der Waals surface area contributed by atoms with Crippen molar-refractivity contribution in [3.63, 3.8) is 0 Å². The van der Waals surface area contributed by atoms with Crippen LogP contribution in [0.2, 0.25) is 0 Å². The van der Waals surface area contributed by atoms with Crippen LogP contribution >= 0.6 is 23.7 Å². The number of para-hydroxylation sites is 1. The van der Waals surface area contributed by atoms with Gasteiger partial charge >= 0.3 is 0 Å². The molecular weight excluding hydrogens is 418 g/mol. The molecule has 0 spiro atoms. The molecule has 1 aromatic heterocycles. The van der Waals surface area contributed by atoms with Gasteiger partial charge in [-0.1, -0.05) is 35.6 Å². The summed E-state index contributed by atoms with van der Waals surface area (Å²) < 4.78 is 24.9. The Kier molecular flexibility index (Phi) is 7.16. The monoisotopic (exact) mass is 439 g/mol. The number of fused-ring (bicyclic) bond motifs is 1. The van der Waals surface area contributed by atoms with Crippen LogP contribution in [0.15, 0.2) is 53.4 Å². The van der Waals surface area contributed by atoms with Crippen LogP contribution in [0.4, 0.5) is 5.13 Å².